The van der Waals surface area contributed by atoms with Crippen LogP contribution < -0.4 is 0 Å². The Balaban J connectivity index is 2.63. The van der Waals surface area contributed by atoms with Crippen LogP contribution in [0.15, 0.2) is 10.6 Å². The number of alkyl halides is 1. The van der Waals surface area contributed by atoms with Crippen molar-refractivity contribution in [1.29, 1.82) is 0 Å². The van der Waals surface area contributed by atoms with Crippen molar-refractivity contribution in [3.63, 3.8) is 0 Å². The van der Waals surface area contributed by atoms with E-state index < -0.39 is 8.32 Å². The van der Waals surface area contributed by atoms with Gasteiger partial charge in [-0.05, 0) is 31.0 Å². The Kier molecular flexibility index (Phi) is 4.90. The van der Waals surface area contributed by atoms with Gasteiger partial charge in [0.1, 0.15) is 0 Å². The summed E-state index contributed by atoms with van der Waals surface area (Å²) in [6.45, 7) is 11.5. The van der Waals surface area contributed by atoms with E-state index in [1.54, 1.807) is 0 Å². The Morgan fingerprint density at radius 1 is 1.38 bits per heavy atom. The molecule has 0 aromatic carbocycles. The maximum Gasteiger partial charge on any atom is 0.192 e. The number of rotatable bonds is 2. The quantitative estimate of drug-likeness (QED) is 0.479. The van der Waals surface area contributed by atoms with Crippen LogP contribution in [0.5, 0.6) is 0 Å². The topological polar surface area (TPSA) is 9.23 Å². The highest BCUT2D eigenvalue weighted by molar-refractivity contribution is 9.14. The second-order valence-electron chi connectivity index (χ2n) is 6.03. The normalized spacial score (nSPS) is 27.8. The van der Waals surface area contributed by atoms with Gasteiger partial charge < -0.3 is 4.43 Å². The molecule has 1 nitrogen and oxygen atoms in total. The second kappa shape index (κ2) is 5.25. The zero-order valence-corrected chi connectivity index (χ0v) is 15.0. The Labute approximate surface area is 117 Å². The van der Waals surface area contributed by atoms with E-state index in [-0.39, 0.29) is 0 Å². The predicted octanol–water partition coefficient (Wildman–Crippen LogP) is 5.21. The lowest BCUT2D eigenvalue weighted by Gasteiger charge is -2.40. The van der Waals surface area contributed by atoms with E-state index in [2.05, 4.69) is 71.8 Å². The van der Waals surface area contributed by atoms with Gasteiger partial charge in [-0.3, -0.25) is 0 Å². The maximum atomic E-state index is 6.41. The zero-order chi connectivity index (χ0) is 12.6. The third kappa shape index (κ3) is 3.69. The molecule has 4 heteroatoms. The lowest BCUT2D eigenvalue weighted by molar-refractivity contribution is 0.172. The Hall–Kier alpha value is 0.877. The minimum absolute atomic E-state index is 0.299. The Morgan fingerprint density at radius 2 is 1.94 bits per heavy atom. The second-order valence-corrected chi connectivity index (χ2v) is 12.8. The summed E-state index contributed by atoms with van der Waals surface area (Å²) >= 11 is 7.24. The van der Waals surface area contributed by atoms with Crippen molar-refractivity contribution in [1.82, 2.24) is 0 Å². The third-order valence-electron chi connectivity index (χ3n) is 3.61. The standard InChI is InChI=1S/C12H22Br2OSi/c1-12(2,3)16(4,5)15-9-6-7-10(13)11(14)8-9/h7,9,11H,6,8H2,1-5H3/t9?,11-/m0/s1. The molecule has 0 aromatic heterocycles. The highest BCUT2D eigenvalue weighted by atomic mass is 79.9. The summed E-state index contributed by atoms with van der Waals surface area (Å²) in [7, 11) is -1.61. The number of hydrogen-bond donors (Lipinski definition) is 0. The molecule has 0 fully saturated rings. The van der Waals surface area contributed by atoms with Crippen LogP contribution in [-0.4, -0.2) is 19.2 Å². The first-order chi connectivity index (χ1) is 7.13. The van der Waals surface area contributed by atoms with Crippen molar-refractivity contribution in [3.8, 4) is 0 Å². The van der Waals surface area contributed by atoms with Crippen LogP contribution in [0.3, 0.4) is 0 Å². The van der Waals surface area contributed by atoms with Crippen LogP contribution in [0.4, 0.5) is 0 Å². The van der Waals surface area contributed by atoms with Gasteiger partial charge in [0.05, 0.1) is 0 Å². The van der Waals surface area contributed by atoms with Gasteiger partial charge in [0.15, 0.2) is 8.32 Å². The van der Waals surface area contributed by atoms with Crippen molar-refractivity contribution in [2.24, 2.45) is 0 Å². The molecular formula is C12H22Br2OSi. The van der Waals surface area contributed by atoms with Crippen molar-refractivity contribution in [2.45, 2.75) is 62.7 Å². The van der Waals surface area contributed by atoms with E-state index in [0.717, 1.165) is 12.8 Å². The van der Waals surface area contributed by atoms with Gasteiger partial charge in [-0.15, -0.1) is 0 Å². The molecular weight excluding hydrogens is 348 g/mol. The SMILES string of the molecule is CC(C)(C)[Si](C)(C)OC1CC=C(Br)[C@@H](Br)C1. The molecule has 1 unspecified atom stereocenters. The van der Waals surface area contributed by atoms with Gasteiger partial charge >= 0.3 is 0 Å². The highest BCUT2D eigenvalue weighted by Crippen LogP contribution is 2.40. The molecule has 0 saturated heterocycles. The molecule has 0 N–H and O–H groups in total. The Bertz CT molecular complexity index is 281. The lowest BCUT2D eigenvalue weighted by atomic mass is 10.1. The molecule has 1 aliphatic carbocycles. The molecule has 2 atom stereocenters. The molecule has 16 heavy (non-hydrogen) atoms. The molecule has 0 radical (unpaired) electrons. The molecule has 94 valence electrons. The largest absolute Gasteiger partial charge is 0.414 e. The van der Waals surface area contributed by atoms with Crippen LogP contribution in [-0.2, 0) is 4.43 Å². The van der Waals surface area contributed by atoms with Gasteiger partial charge in [-0.1, -0.05) is 58.7 Å². The van der Waals surface area contributed by atoms with E-state index in [1.807, 2.05) is 0 Å². The number of allylic oxidation sites excluding steroid dienone is 1. The van der Waals surface area contributed by atoms with Crippen LogP contribution in [0, 0.1) is 0 Å². The molecule has 0 aromatic rings. The summed E-state index contributed by atoms with van der Waals surface area (Å²) in [5.74, 6) is 0. The average Bonchev–Trinajstić information content (AvgIpc) is 2.09. The van der Waals surface area contributed by atoms with Crippen LogP contribution in [0.2, 0.25) is 18.1 Å². The van der Waals surface area contributed by atoms with Crippen LogP contribution in [0.25, 0.3) is 0 Å². The molecule has 1 rings (SSSR count). The lowest BCUT2D eigenvalue weighted by Crippen LogP contribution is -2.44. The van der Waals surface area contributed by atoms with Crippen molar-refractivity contribution in [2.75, 3.05) is 0 Å². The number of hydrogen-bond acceptors (Lipinski definition) is 1. The van der Waals surface area contributed by atoms with E-state index in [9.17, 15) is 0 Å². The molecule has 0 amide bonds. The van der Waals surface area contributed by atoms with E-state index in [4.69, 9.17) is 4.43 Å². The monoisotopic (exact) mass is 368 g/mol. The van der Waals surface area contributed by atoms with Crippen LogP contribution in [0.1, 0.15) is 33.6 Å². The maximum absolute atomic E-state index is 6.41. The van der Waals surface area contributed by atoms with Crippen molar-refractivity contribution in [3.05, 3.63) is 10.6 Å². The highest BCUT2D eigenvalue weighted by Gasteiger charge is 2.39. The summed E-state index contributed by atoms with van der Waals surface area (Å²) < 4.78 is 7.67. The van der Waals surface area contributed by atoms with Gasteiger partial charge in [0.25, 0.3) is 0 Å². The van der Waals surface area contributed by atoms with Gasteiger partial charge in [-0.2, -0.15) is 0 Å². The van der Waals surface area contributed by atoms with Gasteiger partial charge in [0.2, 0.25) is 0 Å². The first-order valence-electron chi connectivity index (χ1n) is 5.81. The first-order valence-corrected chi connectivity index (χ1v) is 10.4. The summed E-state index contributed by atoms with van der Waals surface area (Å²) in [5, 5.41) is 0.299. The van der Waals surface area contributed by atoms with Gasteiger partial charge in [-0.25, -0.2) is 0 Å². The van der Waals surface area contributed by atoms with Crippen LogP contribution >= 0.6 is 31.9 Å². The fourth-order valence-corrected chi connectivity index (χ4v) is 3.86. The van der Waals surface area contributed by atoms with E-state index >= 15 is 0 Å². The summed E-state index contributed by atoms with van der Waals surface area (Å²) in [6, 6.07) is 0. The average molecular weight is 370 g/mol. The number of halogens is 2. The molecule has 0 heterocycles. The molecule has 0 saturated carbocycles. The van der Waals surface area contributed by atoms with Crippen molar-refractivity contribution < 1.29 is 4.43 Å². The minimum Gasteiger partial charge on any atom is -0.414 e. The summed E-state index contributed by atoms with van der Waals surface area (Å²) in [5.41, 5.74) is 0. The molecule has 0 bridgehead atoms. The van der Waals surface area contributed by atoms with E-state index in [1.165, 1.54) is 4.48 Å². The minimum atomic E-state index is -1.61. The van der Waals surface area contributed by atoms with E-state index in [0.29, 0.717) is 16.0 Å². The first kappa shape index (κ1) is 14.9. The fourth-order valence-electron chi connectivity index (χ4n) is 1.50. The fraction of sp³-hybridized carbons (Fsp3) is 0.833. The predicted molar refractivity (Wildman–Crippen MR) is 81.0 cm³/mol. The summed E-state index contributed by atoms with van der Waals surface area (Å²) in [4.78, 5) is 0.427. The molecule has 1 aliphatic rings. The summed E-state index contributed by atoms with van der Waals surface area (Å²) in [6.07, 6.45) is 4.73. The zero-order valence-electron chi connectivity index (χ0n) is 10.8. The molecule has 0 spiro atoms. The van der Waals surface area contributed by atoms with Crippen molar-refractivity contribution >= 4 is 40.2 Å². The van der Waals surface area contributed by atoms with Gasteiger partial charge in [0, 0.05) is 15.4 Å². The molecule has 0 aliphatic heterocycles. The Morgan fingerprint density at radius 3 is 2.38 bits per heavy atom. The third-order valence-corrected chi connectivity index (χ3v) is 10.5. The smallest absolute Gasteiger partial charge is 0.192 e.